The zero-order valence-corrected chi connectivity index (χ0v) is 7.06. The highest BCUT2D eigenvalue weighted by molar-refractivity contribution is 4.77. The van der Waals surface area contributed by atoms with E-state index in [1.54, 1.807) is 0 Å². The Hall–Kier alpha value is -0.510. The van der Waals surface area contributed by atoms with Crippen LogP contribution in [0.2, 0.25) is 0 Å². The Morgan fingerprint density at radius 2 is 2.00 bits per heavy atom. The van der Waals surface area contributed by atoms with E-state index in [1.165, 1.54) is 25.7 Å². The lowest BCUT2D eigenvalue weighted by Crippen LogP contribution is -1.88. The van der Waals surface area contributed by atoms with Gasteiger partial charge in [-0.1, -0.05) is 32.6 Å². The van der Waals surface area contributed by atoms with Gasteiger partial charge in [-0.25, -0.2) is 0 Å². The normalized spacial score (nSPS) is 12.5. The number of hydrogen-bond donors (Lipinski definition) is 0. The molecule has 0 amide bonds. The molecule has 0 aromatic carbocycles. The van der Waals surface area contributed by atoms with Gasteiger partial charge in [-0.2, -0.15) is 5.26 Å². The first-order valence-electron chi connectivity index (χ1n) is 4.20. The Kier molecular flexibility index (Phi) is 6.27. The molecule has 0 aliphatic heterocycles. The summed E-state index contributed by atoms with van der Waals surface area (Å²) in [7, 11) is 0. The molecule has 10 heavy (non-hydrogen) atoms. The quantitative estimate of drug-likeness (QED) is 0.537. The van der Waals surface area contributed by atoms with E-state index in [4.69, 9.17) is 5.26 Å². The summed E-state index contributed by atoms with van der Waals surface area (Å²) in [5.74, 6) is 0.261. The topological polar surface area (TPSA) is 23.8 Å². The minimum absolute atomic E-state index is 0.261. The van der Waals surface area contributed by atoms with Gasteiger partial charge in [-0.15, -0.1) is 0 Å². The fourth-order valence-electron chi connectivity index (χ4n) is 0.942. The van der Waals surface area contributed by atoms with E-state index in [0.717, 1.165) is 6.42 Å². The molecule has 0 aliphatic rings. The van der Waals surface area contributed by atoms with Crippen LogP contribution in [0.3, 0.4) is 0 Å². The zero-order chi connectivity index (χ0) is 7.82. The Labute approximate surface area is 64.1 Å². The second kappa shape index (κ2) is 6.61. The third-order valence-corrected chi connectivity index (χ3v) is 1.71. The highest BCUT2D eigenvalue weighted by atomic mass is 14.3. The first-order chi connectivity index (χ1) is 4.81. The molecule has 1 nitrogen and oxygen atoms in total. The average Bonchev–Trinajstić information content (AvgIpc) is 1.98. The number of nitrogens with zero attached hydrogens (tertiary/aromatic N) is 1. The van der Waals surface area contributed by atoms with Gasteiger partial charge in [-0.05, 0) is 13.3 Å². The van der Waals surface area contributed by atoms with Crippen molar-refractivity contribution in [1.29, 1.82) is 5.26 Å². The maximum absolute atomic E-state index is 8.44. The van der Waals surface area contributed by atoms with Crippen molar-refractivity contribution in [2.75, 3.05) is 0 Å². The van der Waals surface area contributed by atoms with Crippen LogP contribution in [0.1, 0.15) is 46.0 Å². The van der Waals surface area contributed by atoms with Crippen molar-refractivity contribution in [2.45, 2.75) is 46.0 Å². The molecule has 1 heteroatoms. The summed E-state index contributed by atoms with van der Waals surface area (Å²) >= 11 is 0. The molecule has 0 saturated carbocycles. The number of rotatable bonds is 5. The van der Waals surface area contributed by atoms with Crippen LogP contribution >= 0.6 is 0 Å². The second-order valence-corrected chi connectivity index (χ2v) is 2.88. The fourth-order valence-corrected chi connectivity index (χ4v) is 0.942. The van der Waals surface area contributed by atoms with Crippen molar-refractivity contribution in [3.63, 3.8) is 0 Å². The molecule has 0 aromatic rings. The number of hydrogen-bond acceptors (Lipinski definition) is 1. The molecule has 0 rings (SSSR count). The van der Waals surface area contributed by atoms with Gasteiger partial charge in [-0.3, -0.25) is 0 Å². The molecule has 0 N–H and O–H groups in total. The first kappa shape index (κ1) is 9.49. The standard InChI is InChI=1S/C9H17N/c1-3-4-5-6-7-9(2)8-10/h9H,3-7H2,1-2H3. The van der Waals surface area contributed by atoms with Crippen LogP contribution < -0.4 is 0 Å². The SMILES string of the molecule is CCCCCCC(C)C#N. The Balaban J connectivity index is 2.98. The number of nitriles is 1. The van der Waals surface area contributed by atoms with E-state index in [1.807, 2.05) is 6.92 Å². The van der Waals surface area contributed by atoms with Crippen molar-refractivity contribution >= 4 is 0 Å². The van der Waals surface area contributed by atoms with E-state index < -0.39 is 0 Å². The van der Waals surface area contributed by atoms with Gasteiger partial charge in [0.2, 0.25) is 0 Å². The van der Waals surface area contributed by atoms with Crippen LogP contribution in [-0.2, 0) is 0 Å². The highest BCUT2D eigenvalue weighted by Gasteiger charge is 1.97. The Morgan fingerprint density at radius 1 is 1.30 bits per heavy atom. The van der Waals surface area contributed by atoms with Gasteiger partial charge in [0.25, 0.3) is 0 Å². The molecule has 0 bridgehead atoms. The summed E-state index contributed by atoms with van der Waals surface area (Å²) in [5, 5.41) is 8.44. The molecule has 58 valence electrons. The lowest BCUT2D eigenvalue weighted by molar-refractivity contribution is 0.568. The van der Waals surface area contributed by atoms with E-state index in [0.29, 0.717) is 0 Å². The van der Waals surface area contributed by atoms with Crippen molar-refractivity contribution in [3.8, 4) is 6.07 Å². The van der Waals surface area contributed by atoms with E-state index in [-0.39, 0.29) is 5.92 Å². The summed E-state index contributed by atoms with van der Waals surface area (Å²) in [5.41, 5.74) is 0. The molecule has 0 spiro atoms. The zero-order valence-electron chi connectivity index (χ0n) is 7.06. The van der Waals surface area contributed by atoms with Gasteiger partial charge in [0.1, 0.15) is 0 Å². The molecule has 0 heterocycles. The lowest BCUT2D eigenvalue weighted by atomic mass is 10.0. The molecule has 0 aliphatic carbocycles. The van der Waals surface area contributed by atoms with Crippen molar-refractivity contribution in [3.05, 3.63) is 0 Å². The third kappa shape index (κ3) is 5.62. The van der Waals surface area contributed by atoms with Gasteiger partial charge in [0.15, 0.2) is 0 Å². The maximum atomic E-state index is 8.44. The van der Waals surface area contributed by atoms with Crippen LogP contribution in [0.5, 0.6) is 0 Å². The smallest absolute Gasteiger partial charge is 0.0652 e. The van der Waals surface area contributed by atoms with Crippen molar-refractivity contribution in [2.24, 2.45) is 5.92 Å². The summed E-state index contributed by atoms with van der Waals surface area (Å²) in [6.07, 6.45) is 6.20. The second-order valence-electron chi connectivity index (χ2n) is 2.88. The Bertz CT molecular complexity index is 102. The van der Waals surface area contributed by atoms with Gasteiger partial charge >= 0.3 is 0 Å². The van der Waals surface area contributed by atoms with E-state index >= 15 is 0 Å². The van der Waals surface area contributed by atoms with Crippen LogP contribution in [0.4, 0.5) is 0 Å². The average molecular weight is 139 g/mol. The molecule has 1 unspecified atom stereocenters. The van der Waals surface area contributed by atoms with Gasteiger partial charge in [0, 0.05) is 5.92 Å². The predicted octanol–water partition coefficient (Wildman–Crippen LogP) is 3.12. The van der Waals surface area contributed by atoms with Gasteiger partial charge < -0.3 is 0 Å². The fraction of sp³-hybridized carbons (Fsp3) is 0.889. The van der Waals surface area contributed by atoms with E-state index in [2.05, 4.69) is 13.0 Å². The summed E-state index contributed by atoms with van der Waals surface area (Å²) < 4.78 is 0. The molecular weight excluding hydrogens is 122 g/mol. The minimum atomic E-state index is 0.261. The summed E-state index contributed by atoms with van der Waals surface area (Å²) in [6.45, 7) is 4.19. The molecule has 0 aromatic heterocycles. The third-order valence-electron chi connectivity index (χ3n) is 1.71. The van der Waals surface area contributed by atoms with Crippen LogP contribution in [0.25, 0.3) is 0 Å². The Morgan fingerprint density at radius 3 is 2.50 bits per heavy atom. The summed E-state index contributed by atoms with van der Waals surface area (Å²) in [4.78, 5) is 0. The largest absolute Gasteiger partial charge is 0.198 e. The van der Waals surface area contributed by atoms with Crippen molar-refractivity contribution in [1.82, 2.24) is 0 Å². The molecule has 0 saturated heterocycles. The van der Waals surface area contributed by atoms with Crippen LogP contribution in [-0.4, -0.2) is 0 Å². The molecular formula is C9H17N. The molecule has 0 radical (unpaired) electrons. The van der Waals surface area contributed by atoms with E-state index in [9.17, 15) is 0 Å². The molecule has 1 atom stereocenters. The predicted molar refractivity (Wildman–Crippen MR) is 43.5 cm³/mol. The maximum Gasteiger partial charge on any atom is 0.0652 e. The van der Waals surface area contributed by atoms with Crippen LogP contribution in [0, 0.1) is 17.2 Å². The molecule has 0 fully saturated rings. The number of unbranched alkanes of at least 4 members (excludes halogenated alkanes) is 3. The minimum Gasteiger partial charge on any atom is -0.198 e. The summed E-state index contributed by atoms with van der Waals surface area (Å²) in [6, 6.07) is 2.24. The van der Waals surface area contributed by atoms with Crippen LogP contribution in [0.15, 0.2) is 0 Å². The lowest BCUT2D eigenvalue weighted by Gasteiger charge is -1.99. The highest BCUT2D eigenvalue weighted by Crippen LogP contribution is 2.08. The first-order valence-corrected chi connectivity index (χ1v) is 4.20. The van der Waals surface area contributed by atoms with Gasteiger partial charge in [0.05, 0.1) is 6.07 Å². The monoisotopic (exact) mass is 139 g/mol. The van der Waals surface area contributed by atoms with Crippen molar-refractivity contribution < 1.29 is 0 Å².